The first kappa shape index (κ1) is 26.3. The number of rotatable bonds is 7. The predicted molar refractivity (Wildman–Crippen MR) is 142 cm³/mol. The monoisotopic (exact) mass is 566 g/mol. The Morgan fingerprint density at radius 1 is 1.10 bits per heavy atom. The molecular weight excluding hydrogens is 541 g/mol. The number of pyridine rings is 1. The van der Waals surface area contributed by atoms with Crippen molar-refractivity contribution in [2.24, 2.45) is 17.6 Å². The van der Waals surface area contributed by atoms with E-state index in [9.17, 15) is 18.0 Å². The van der Waals surface area contributed by atoms with E-state index in [1.807, 2.05) is 19.9 Å². The predicted octanol–water partition coefficient (Wildman–Crippen LogP) is 5.08. The Kier molecular flexibility index (Phi) is 6.54. The summed E-state index contributed by atoms with van der Waals surface area (Å²) in [6, 6.07) is 11.3. The Morgan fingerprint density at radius 2 is 1.77 bits per heavy atom. The quantitative estimate of drug-likeness (QED) is 0.332. The summed E-state index contributed by atoms with van der Waals surface area (Å²) in [6.45, 7) is 4.49. The van der Waals surface area contributed by atoms with Crippen LogP contribution in [0.1, 0.15) is 41.2 Å². The second kappa shape index (κ2) is 9.93. The van der Waals surface area contributed by atoms with Crippen LogP contribution >= 0.6 is 11.3 Å². The number of hydrogen-bond donors (Lipinski definition) is 1. The second-order valence-electron chi connectivity index (χ2n) is 10.5. The number of amides is 1. The first-order valence-corrected chi connectivity index (χ1v) is 13.5. The third-order valence-corrected chi connectivity index (χ3v) is 8.21. The van der Waals surface area contributed by atoms with Gasteiger partial charge in [-0.3, -0.25) is 4.79 Å². The Morgan fingerprint density at radius 3 is 2.40 bits per heavy atom. The summed E-state index contributed by atoms with van der Waals surface area (Å²) >= 11 is 0.876. The normalized spacial score (nSPS) is 20.1. The van der Waals surface area contributed by atoms with Crippen molar-refractivity contribution in [3.8, 4) is 28.0 Å². The van der Waals surface area contributed by atoms with E-state index in [2.05, 4.69) is 19.9 Å². The average Bonchev–Trinajstić information content (AvgIpc) is 3.29. The number of thiazole rings is 1. The molecule has 2 fully saturated rings. The molecule has 40 heavy (non-hydrogen) atoms. The van der Waals surface area contributed by atoms with Crippen LogP contribution in [0, 0.1) is 17.7 Å². The minimum Gasteiger partial charge on any atom is -0.474 e. The fourth-order valence-electron chi connectivity index (χ4n) is 4.94. The van der Waals surface area contributed by atoms with E-state index in [1.54, 1.807) is 29.2 Å². The van der Waals surface area contributed by atoms with Crippen LogP contribution in [0.3, 0.4) is 0 Å². The zero-order chi connectivity index (χ0) is 28.2. The van der Waals surface area contributed by atoms with Crippen LogP contribution in [0.5, 0.6) is 5.88 Å². The number of fused-ring (bicyclic) bond motifs is 1. The van der Waals surface area contributed by atoms with Crippen LogP contribution in [0.25, 0.3) is 22.1 Å². The maximum Gasteiger partial charge on any atom is 0.282 e. The molecule has 1 saturated carbocycles. The zero-order valence-corrected chi connectivity index (χ0v) is 22.4. The van der Waals surface area contributed by atoms with Gasteiger partial charge in [-0.25, -0.2) is 33.1 Å². The lowest BCUT2D eigenvalue weighted by molar-refractivity contribution is 0.0744. The topological polar surface area (TPSA) is 107 Å². The molecule has 3 aromatic heterocycles. The van der Waals surface area contributed by atoms with Gasteiger partial charge < -0.3 is 15.4 Å². The Balaban J connectivity index is 1.18. The van der Waals surface area contributed by atoms with Gasteiger partial charge in [0.25, 0.3) is 12.3 Å². The first-order chi connectivity index (χ1) is 19.1. The van der Waals surface area contributed by atoms with Crippen molar-refractivity contribution >= 4 is 17.2 Å². The average molecular weight is 567 g/mol. The van der Waals surface area contributed by atoms with Crippen molar-refractivity contribution in [1.82, 2.24) is 24.8 Å². The molecule has 4 aromatic rings. The molecule has 8 nitrogen and oxygen atoms in total. The SMILES string of the molecule is CC(C)(N)c1cc(O[C@H]2[C@@H]3CN(C(=O)c4sc(-c5ncccn5)nc4C(F)F)C[C@@H]32)nc(-c2ccc(F)cc2)c1. The third kappa shape index (κ3) is 5.04. The van der Waals surface area contributed by atoms with Gasteiger partial charge in [-0.05, 0) is 55.8 Å². The van der Waals surface area contributed by atoms with Crippen LogP contribution in [0.2, 0.25) is 0 Å². The molecule has 0 unspecified atom stereocenters. The third-order valence-electron chi connectivity index (χ3n) is 7.16. The molecule has 206 valence electrons. The van der Waals surface area contributed by atoms with E-state index in [0.29, 0.717) is 24.7 Å². The molecule has 4 heterocycles. The van der Waals surface area contributed by atoms with Crippen molar-refractivity contribution in [2.45, 2.75) is 31.9 Å². The lowest BCUT2D eigenvalue weighted by Gasteiger charge is -2.22. The van der Waals surface area contributed by atoms with Gasteiger partial charge in [-0.1, -0.05) is 0 Å². The Bertz CT molecular complexity index is 1550. The number of carbonyl (C=O) groups is 1. The summed E-state index contributed by atoms with van der Waals surface area (Å²) in [5, 5.41) is 0.176. The van der Waals surface area contributed by atoms with E-state index in [4.69, 9.17) is 10.5 Å². The Labute approximate surface area is 232 Å². The number of hydrogen-bond acceptors (Lipinski definition) is 8. The maximum absolute atomic E-state index is 13.8. The van der Waals surface area contributed by atoms with E-state index >= 15 is 0 Å². The summed E-state index contributed by atoms with van der Waals surface area (Å²) < 4.78 is 47.2. The summed E-state index contributed by atoms with van der Waals surface area (Å²) in [4.78, 5) is 31.5. The van der Waals surface area contributed by atoms with Gasteiger partial charge in [0, 0.05) is 54.5 Å². The van der Waals surface area contributed by atoms with Crippen LogP contribution < -0.4 is 10.5 Å². The molecule has 1 amide bonds. The molecule has 0 bridgehead atoms. The van der Waals surface area contributed by atoms with Gasteiger partial charge in [0.1, 0.15) is 22.5 Å². The smallest absolute Gasteiger partial charge is 0.282 e. The molecule has 2 aliphatic rings. The Hall–Kier alpha value is -3.90. The van der Waals surface area contributed by atoms with Crippen LogP contribution in [0.15, 0.2) is 54.9 Å². The number of nitrogens with two attached hydrogens (primary N) is 1. The van der Waals surface area contributed by atoms with Gasteiger partial charge in [-0.2, -0.15) is 0 Å². The molecule has 6 rings (SSSR count). The van der Waals surface area contributed by atoms with Crippen molar-refractivity contribution in [3.05, 3.63) is 76.8 Å². The number of halogens is 3. The van der Waals surface area contributed by atoms with Crippen LogP contribution in [0.4, 0.5) is 13.2 Å². The molecule has 2 N–H and O–H groups in total. The highest BCUT2D eigenvalue weighted by molar-refractivity contribution is 7.17. The summed E-state index contributed by atoms with van der Waals surface area (Å²) in [5.74, 6) is -0.137. The number of nitrogens with zero attached hydrogens (tertiary/aromatic N) is 5. The van der Waals surface area contributed by atoms with Crippen molar-refractivity contribution in [3.63, 3.8) is 0 Å². The standard InChI is InChI=1S/C28H25F3N6O2S/c1-28(2,32)15-10-19(14-4-6-16(29)7-5-14)35-20(11-15)39-22-17-12-37(13-18(17)22)27(38)23-21(24(30)31)36-26(40-23)25-33-8-3-9-34-25/h3-11,17-18,22,24H,12-13,32H2,1-2H3/t17-,18+,22+. The number of benzene rings is 1. The maximum atomic E-state index is 13.8. The van der Waals surface area contributed by atoms with Gasteiger partial charge in [-0.15, -0.1) is 11.3 Å². The summed E-state index contributed by atoms with van der Waals surface area (Å²) in [6.07, 6.45) is -0.0916. The van der Waals surface area contributed by atoms with E-state index in [-0.39, 0.29) is 39.5 Å². The van der Waals surface area contributed by atoms with Gasteiger partial charge >= 0.3 is 0 Å². The number of aromatic nitrogens is 4. The lowest BCUT2D eigenvalue weighted by Crippen LogP contribution is -2.33. The highest BCUT2D eigenvalue weighted by atomic mass is 32.1. The van der Waals surface area contributed by atoms with Crippen molar-refractivity contribution < 1.29 is 22.7 Å². The number of likely N-dealkylation sites (tertiary alicyclic amines) is 1. The highest BCUT2D eigenvalue weighted by Crippen LogP contribution is 2.49. The zero-order valence-electron chi connectivity index (χ0n) is 21.6. The number of piperidine rings is 1. The van der Waals surface area contributed by atoms with E-state index in [1.165, 1.54) is 24.5 Å². The molecule has 1 aromatic carbocycles. The fourth-order valence-corrected chi connectivity index (χ4v) is 5.93. The number of carbonyl (C=O) groups excluding carboxylic acids is 1. The minimum absolute atomic E-state index is 0.0504. The summed E-state index contributed by atoms with van der Waals surface area (Å²) in [5.41, 5.74) is 7.28. The van der Waals surface area contributed by atoms with Gasteiger partial charge in [0.15, 0.2) is 10.8 Å². The van der Waals surface area contributed by atoms with E-state index < -0.39 is 23.6 Å². The molecule has 0 radical (unpaired) electrons. The number of alkyl halides is 2. The molecule has 1 aliphatic carbocycles. The minimum atomic E-state index is -2.90. The molecule has 1 aliphatic heterocycles. The highest BCUT2D eigenvalue weighted by Gasteiger charge is 2.59. The first-order valence-electron chi connectivity index (χ1n) is 12.7. The van der Waals surface area contributed by atoms with Crippen LogP contribution in [-0.2, 0) is 5.54 Å². The molecule has 0 spiro atoms. The van der Waals surface area contributed by atoms with Crippen LogP contribution in [-0.4, -0.2) is 49.9 Å². The lowest BCUT2D eigenvalue weighted by atomic mass is 9.95. The van der Waals surface area contributed by atoms with E-state index in [0.717, 1.165) is 22.5 Å². The largest absolute Gasteiger partial charge is 0.474 e. The molecule has 3 atom stereocenters. The van der Waals surface area contributed by atoms with Crippen molar-refractivity contribution in [2.75, 3.05) is 13.1 Å². The second-order valence-corrected chi connectivity index (χ2v) is 11.5. The molecule has 12 heteroatoms. The van der Waals surface area contributed by atoms with Gasteiger partial charge in [0.2, 0.25) is 5.88 Å². The van der Waals surface area contributed by atoms with Crippen molar-refractivity contribution in [1.29, 1.82) is 0 Å². The van der Waals surface area contributed by atoms with Gasteiger partial charge in [0.05, 0.1) is 5.69 Å². The molecular formula is C28H25F3N6O2S. The fraction of sp³-hybridized carbons (Fsp3) is 0.321. The molecule has 1 saturated heterocycles. The number of ether oxygens (including phenoxy) is 1. The summed E-state index contributed by atoms with van der Waals surface area (Å²) in [7, 11) is 0.